The molecule has 70 heavy (non-hydrogen) atoms. The van der Waals surface area contributed by atoms with Crippen LogP contribution in [0.2, 0.25) is 10.0 Å². The molecule has 2 saturated heterocycles. The van der Waals surface area contributed by atoms with Crippen molar-refractivity contribution in [3.05, 3.63) is 105 Å². The van der Waals surface area contributed by atoms with Gasteiger partial charge in [0.15, 0.2) is 0 Å². The first-order valence-electron chi connectivity index (χ1n) is 24.7. The fraction of sp³-hybridized carbons (Fsp3) is 0.519. The summed E-state index contributed by atoms with van der Waals surface area (Å²) < 4.78 is 33.3. The minimum absolute atomic E-state index is 0.0495. The van der Waals surface area contributed by atoms with E-state index in [1.54, 1.807) is 29.2 Å². The standard InChI is InChI=1S/C52H62Cl2FN7O8/c1-31-42(17-18-43(63)58-31)62-30-37-35(49(62)66)7-6-10-40(37)56-21-23-68-25-27-70-28-26-69-24-22-57-47(64)32-11-14-34(15-12-32)59-48(65)46-44(36-8-5-9-39(54)45(36)55)52(51(61-46)19-3-2-4-20-51)38-16-13-33(53)29-41(38)60-50(52)67/h5-10,13,16,29,32,34,42,44,46,56,61H,1-4,11-12,14-15,17-28,30H2,(H,57,64)(H,58,63)(H,59,65)(H,60,67)/t32?,34?,42?,44-,46+,52+/m0/s1. The van der Waals surface area contributed by atoms with E-state index >= 15 is 4.39 Å². The molecule has 1 unspecified atom stereocenters. The molecule has 4 fully saturated rings. The number of benzene rings is 3. The Morgan fingerprint density at radius 3 is 2.29 bits per heavy atom. The summed E-state index contributed by atoms with van der Waals surface area (Å²) in [5.74, 6) is -2.53. The van der Waals surface area contributed by atoms with E-state index in [0.29, 0.717) is 138 Å². The topological polar surface area (TPSA) is 188 Å². The van der Waals surface area contributed by atoms with E-state index in [0.717, 1.165) is 30.5 Å². The molecule has 0 radical (unpaired) electrons. The zero-order chi connectivity index (χ0) is 49.0. The molecular weight excluding hydrogens is 941 g/mol. The number of carbonyl (C=O) groups excluding carboxylic acids is 5. The van der Waals surface area contributed by atoms with Crippen LogP contribution in [0.3, 0.4) is 0 Å². The molecule has 18 heteroatoms. The molecule has 6 aliphatic rings. The quantitative estimate of drug-likeness (QED) is 0.0771. The van der Waals surface area contributed by atoms with E-state index in [4.69, 9.17) is 37.4 Å². The summed E-state index contributed by atoms with van der Waals surface area (Å²) in [4.78, 5) is 69.1. The molecule has 5 amide bonds. The van der Waals surface area contributed by atoms with Crippen molar-refractivity contribution in [2.24, 2.45) is 5.92 Å². The average Bonchev–Trinajstić information content (AvgIpc) is 3.95. The highest BCUT2D eigenvalue weighted by Gasteiger charge is 2.72. The van der Waals surface area contributed by atoms with Gasteiger partial charge in [0.2, 0.25) is 23.6 Å². The number of hydrogen-bond donors (Lipinski definition) is 6. The first kappa shape index (κ1) is 49.9. The Balaban J connectivity index is 0.675. The molecule has 3 aromatic rings. The first-order valence-corrected chi connectivity index (χ1v) is 25.5. The molecule has 6 N–H and O–H groups in total. The number of nitrogens with one attached hydrogen (secondary N) is 6. The Hall–Kier alpha value is -5.10. The summed E-state index contributed by atoms with van der Waals surface area (Å²) >= 11 is 12.8. The van der Waals surface area contributed by atoms with Crippen LogP contribution in [0.25, 0.3) is 0 Å². The van der Waals surface area contributed by atoms with Gasteiger partial charge >= 0.3 is 0 Å². The lowest BCUT2D eigenvalue weighted by Gasteiger charge is -2.47. The van der Waals surface area contributed by atoms with Crippen molar-refractivity contribution in [3.8, 4) is 0 Å². The summed E-state index contributed by atoms with van der Waals surface area (Å²) in [6.45, 7) is 7.67. The summed E-state index contributed by atoms with van der Waals surface area (Å²) in [6, 6.07) is 14.3. The predicted octanol–water partition coefficient (Wildman–Crippen LogP) is 6.48. The second kappa shape index (κ2) is 21.7. The lowest BCUT2D eigenvalue weighted by molar-refractivity contribution is -0.126. The molecule has 2 aliphatic carbocycles. The third-order valence-corrected chi connectivity index (χ3v) is 15.8. The van der Waals surface area contributed by atoms with Crippen LogP contribution in [0, 0.1) is 11.7 Å². The third-order valence-electron chi connectivity index (χ3n) is 15.3. The molecule has 2 spiro atoms. The molecule has 0 bridgehead atoms. The second-order valence-corrected chi connectivity index (χ2v) is 20.2. The molecular formula is C52H62Cl2FN7O8. The lowest BCUT2D eigenvalue weighted by atomic mass is 9.55. The van der Waals surface area contributed by atoms with Gasteiger partial charge in [-0.1, -0.05) is 73.3 Å². The average molecular weight is 1000 g/mol. The molecule has 0 aromatic heterocycles. The fourth-order valence-corrected chi connectivity index (χ4v) is 12.4. The van der Waals surface area contributed by atoms with Crippen LogP contribution >= 0.6 is 23.2 Å². The van der Waals surface area contributed by atoms with Crippen LogP contribution < -0.4 is 31.9 Å². The number of anilines is 2. The smallest absolute Gasteiger partial charge is 0.255 e. The van der Waals surface area contributed by atoms with Crippen LogP contribution in [0.5, 0.6) is 0 Å². The number of ether oxygens (including phenoxy) is 3. The minimum atomic E-state index is -1.31. The number of fused-ring (bicyclic) bond motifs is 4. The van der Waals surface area contributed by atoms with Gasteiger partial charge in [0, 0.05) is 82.7 Å². The van der Waals surface area contributed by atoms with Gasteiger partial charge < -0.3 is 45.7 Å². The molecule has 4 atom stereocenters. The van der Waals surface area contributed by atoms with Crippen LogP contribution in [-0.4, -0.2) is 111 Å². The van der Waals surface area contributed by atoms with E-state index in [2.05, 4.69) is 38.5 Å². The number of hydrogen-bond acceptors (Lipinski definition) is 10. The van der Waals surface area contributed by atoms with Gasteiger partial charge in [-0.3, -0.25) is 29.3 Å². The van der Waals surface area contributed by atoms with Crippen molar-refractivity contribution in [1.29, 1.82) is 0 Å². The molecule has 9 rings (SSSR count). The summed E-state index contributed by atoms with van der Waals surface area (Å²) in [5.41, 5.74) is 2.37. The van der Waals surface area contributed by atoms with Gasteiger partial charge in [-0.2, -0.15) is 0 Å². The molecule has 3 aromatic carbocycles. The van der Waals surface area contributed by atoms with Crippen LogP contribution in [0.4, 0.5) is 15.8 Å². The fourth-order valence-electron chi connectivity index (χ4n) is 12.1. The van der Waals surface area contributed by atoms with Gasteiger partial charge in [-0.05, 0) is 86.4 Å². The maximum Gasteiger partial charge on any atom is 0.255 e. The van der Waals surface area contributed by atoms with Crippen LogP contribution in [-0.2, 0) is 45.3 Å². The van der Waals surface area contributed by atoms with Gasteiger partial charge in [0.1, 0.15) is 11.2 Å². The highest BCUT2D eigenvalue weighted by atomic mass is 35.5. The van der Waals surface area contributed by atoms with Crippen LogP contribution in [0.1, 0.15) is 104 Å². The van der Waals surface area contributed by atoms with Crippen molar-refractivity contribution in [2.45, 2.75) is 112 Å². The van der Waals surface area contributed by atoms with E-state index in [-0.39, 0.29) is 58.1 Å². The van der Waals surface area contributed by atoms with Crippen molar-refractivity contribution in [2.75, 3.05) is 63.4 Å². The first-order chi connectivity index (χ1) is 33.9. The number of halogens is 3. The van der Waals surface area contributed by atoms with E-state index in [1.165, 1.54) is 6.07 Å². The van der Waals surface area contributed by atoms with E-state index in [9.17, 15) is 24.0 Å². The molecule has 4 heterocycles. The van der Waals surface area contributed by atoms with E-state index < -0.39 is 28.7 Å². The van der Waals surface area contributed by atoms with Crippen molar-refractivity contribution >= 4 is 64.1 Å². The SMILES string of the molecule is C=C1NC(=O)CCC1N1Cc2c(NCCOCCOCCOCCNC(=O)C3CCC(NC(=O)[C@@H]4NC5(CCCCC5)[C@@]5(C(=O)Nc6cc(Cl)ccc65)[C@H]4c4cccc(Cl)c4F)CC3)cccc2C1=O. The largest absolute Gasteiger partial charge is 0.382 e. The zero-order valence-electron chi connectivity index (χ0n) is 39.3. The Kier molecular flexibility index (Phi) is 15.5. The molecule has 374 valence electrons. The molecule has 4 aliphatic heterocycles. The lowest BCUT2D eigenvalue weighted by Crippen LogP contribution is -2.60. The summed E-state index contributed by atoms with van der Waals surface area (Å²) in [7, 11) is 0. The molecule has 15 nitrogen and oxygen atoms in total. The number of piperidine rings is 1. The highest BCUT2D eigenvalue weighted by Crippen LogP contribution is 2.63. The van der Waals surface area contributed by atoms with Gasteiger partial charge in [0.05, 0.1) is 56.7 Å². The predicted molar refractivity (Wildman–Crippen MR) is 263 cm³/mol. The van der Waals surface area contributed by atoms with Gasteiger partial charge in [0.25, 0.3) is 5.91 Å². The van der Waals surface area contributed by atoms with E-state index in [1.807, 2.05) is 24.3 Å². The molecule has 2 saturated carbocycles. The van der Waals surface area contributed by atoms with Crippen LogP contribution in [0.15, 0.2) is 66.9 Å². The maximum atomic E-state index is 16.3. The zero-order valence-corrected chi connectivity index (χ0v) is 40.8. The van der Waals surface area contributed by atoms with Gasteiger partial charge in [-0.15, -0.1) is 0 Å². The van der Waals surface area contributed by atoms with Crippen molar-refractivity contribution < 1.29 is 42.6 Å². The maximum absolute atomic E-state index is 16.3. The number of nitrogens with zero attached hydrogens (tertiary/aromatic N) is 1. The van der Waals surface area contributed by atoms with Crippen molar-refractivity contribution in [3.63, 3.8) is 0 Å². The Labute approximate surface area is 417 Å². The summed E-state index contributed by atoms with van der Waals surface area (Å²) in [5, 5.41) is 19.5. The summed E-state index contributed by atoms with van der Waals surface area (Å²) in [6.07, 6.45) is 7.24. The Bertz CT molecular complexity index is 2500. The van der Waals surface area contributed by atoms with Crippen molar-refractivity contribution in [1.82, 2.24) is 26.2 Å². The minimum Gasteiger partial charge on any atom is -0.382 e. The number of carbonyl (C=O) groups is 5. The monoisotopic (exact) mass is 1000 g/mol. The Morgan fingerprint density at radius 2 is 1.54 bits per heavy atom. The highest BCUT2D eigenvalue weighted by molar-refractivity contribution is 6.31. The van der Waals surface area contributed by atoms with Gasteiger partial charge in [-0.25, -0.2) is 4.39 Å². The third kappa shape index (κ3) is 9.79. The Morgan fingerprint density at radius 1 is 0.829 bits per heavy atom. The second-order valence-electron chi connectivity index (χ2n) is 19.3. The normalized spacial score (nSPS) is 25.7. The number of rotatable bonds is 18. The number of amides is 5.